The van der Waals surface area contributed by atoms with Crippen molar-refractivity contribution in [3.63, 3.8) is 0 Å². The molecule has 1 aliphatic rings. The van der Waals surface area contributed by atoms with Crippen LogP contribution in [0.25, 0.3) is 0 Å². The zero-order chi connectivity index (χ0) is 13.0. The van der Waals surface area contributed by atoms with Gasteiger partial charge in [0.1, 0.15) is 0 Å². The second kappa shape index (κ2) is 6.16. The number of ether oxygens (including phenoxy) is 1. The molecule has 0 aliphatic heterocycles. The SMILES string of the molecule is COCCN(c1cnccc1CN)C(C)C1CC1. The van der Waals surface area contributed by atoms with Crippen molar-refractivity contribution in [3.05, 3.63) is 24.0 Å². The molecule has 1 fully saturated rings. The monoisotopic (exact) mass is 249 g/mol. The Kier molecular flexibility index (Phi) is 4.55. The van der Waals surface area contributed by atoms with E-state index in [4.69, 9.17) is 10.5 Å². The van der Waals surface area contributed by atoms with Crippen molar-refractivity contribution in [2.24, 2.45) is 11.7 Å². The highest BCUT2D eigenvalue weighted by Gasteiger charge is 2.32. The molecule has 2 N–H and O–H groups in total. The lowest BCUT2D eigenvalue weighted by Crippen LogP contribution is -2.38. The summed E-state index contributed by atoms with van der Waals surface area (Å²) in [6.07, 6.45) is 6.41. The summed E-state index contributed by atoms with van der Waals surface area (Å²) in [5, 5.41) is 0. The van der Waals surface area contributed by atoms with Crippen LogP contribution in [0.5, 0.6) is 0 Å². The quantitative estimate of drug-likeness (QED) is 0.800. The van der Waals surface area contributed by atoms with Crippen molar-refractivity contribution >= 4 is 5.69 Å². The van der Waals surface area contributed by atoms with Gasteiger partial charge in [0.15, 0.2) is 0 Å². The van der Waals surface area contributed by atoms with Gasteiger partial charge in [-0.25, -0.2) is 0 Å². The molecule has 4 heteroatoms. The van der Waals surface area contributed by atoms with Crippen LogP contribution in [0.15, 0.2) is 18.5 Å². The predicted molar refractivity (Wildman–Crippen MR) is 73.5 cm³/mol. The summed E-state index contributed by atoms with van der Waals surface area (Å²) < 4.78 is 5.22. The van der Waals surface area contributed by atoms with E-state index in [2.05, 4.69) is 16.8 Å². The number of nitrogens with two attached hydrogens (primary N) is 1. The molecule has 0 aromatic carbocycles. The fraction of sp³-hybridized carbons (Fsp3) is 0.643. The molecule has 1 aliphatic carbocycles. The number of methoxy groups -OCH3 is 1. The van der Waals surface area contributed by atoms with Gasteiger partial charge in [-0.15, -0.1) is 0 Å². The van der Waals surface area contributed by atoms with Crippen LogP contribution in [-0.4, -0.2) is 31.3 Å². The molecular weight excluding hydrogens is 226 g/mol. The summed E-state index contributed by atoms with van der Waals surface area (Å²) in [5.41, 5.74) is 8.15. The minimum atomic E-state index is 0.537. The molecule has 1 saturated carbocycles. The maximum absolute atomic E-state index is 5.82. The van der Waals surface area contributed by atoms with Gasteiger partial charge >= 0.3 is 0 Å². The first-order chi connectivity index (χ1) is 8.77. The number of hydrogen-bond donors (Lipinski definition) is 1. The maximum atomic E-state index is 5.82. The van der Waals surface area contributed by atoms with E-state index in [0.717, 1.165) is 30.3 Å². The Labute approximate surface area is 109 Å². The Balaban J connectivity index is 2.20. The van der Waals surface area contributed by atoms with Gasteiger partial charge in [0.2, 0.25) is 0 Å². The van der Waals surface area contributed by atoms with Crippen LogP contribution >= 0.6 is 0 Å². The standard InChI is InChI=1S/C14H23N3O/c1-11(12-3-4-12)17(7-8-18-2)14-10-16-6-5-13(14)9-15/h5-6,10-12H,3-4,7-9,15H2,1-2H3. The van der Waals surface area contributed by atoms with Crippen molar-refractivity contribution in [2.45, 2.75) is 32.4 Å². The molecule has 1 atom stereocenters. The topological polar surface area (TPSA) is 51.4 Å². The predicted octanol–water partition coefficient (Wildman–Crippen LogP) is 1.79. The smallest absolute Gasteiger partial charge is 0.0637 e. The molecule has 0 spiro atoms. The summed E-state index contributed by atoms with van der Waals surface area (Å²) >= 11 is 0. The Morgan fingerprint density at radius 1 is 1.56 bits per heavy atom. The van der Waals surface area contributed by atoms with Crippen molar-refractivity contribution in [1.82, 2.24) is 4.98 Å². The molecule has 4 nitrogen and oxygen atoms in total. The van der Waals surface area contributed by atoms with Crippen molar-refractivity contribution < 1.29 is 4.74 Å². The number of rotatable bonds is 7. The van der Waals surface area contributed by atoms with Crippen LogP contribution < -0.4 is 10.6 Å². The van der Waals surface area contributed by atoms with Gasteiger partial charge in [-0.05, 0) is 37.3 Å². The van der Waals surface area contributed by atoms with Gasteiger partial charge in [0, 0.05) is 32.4 Å². The zero-order valence-corrected chi connectivity index (χ0v) is 11.3. The van der Waals surface area contributed by atoms with Crippen molar-refractivity contribution in [3.8, 4) is 0 Å². The van der Waals surface area contributed by atoms with E-state index in [0.29, 0.717) is 12.6 Å². The highest BCUT2D eigenvalue weighted by molar-refractivity contribution is 5.52. The number of aromatic nitrogens is 1. The second-order valence-electron chi connectivity index (χ2n) is 4.97. The van der Waals surface area contributed by atoms with Crippen LogP contribution in [0.1, 0.15) is 25.3 Å². The molecule has 1 heterocycles. The Bertz CT molecular complexity index is 379. The lowest BCUT2D eigenvalue weighted by Gasteiger charge is -2.32. The molecule has 0 amide bonds. The van der Waals surface area contributed by atoms with Crippen LogP contribution in [0, 0.1) is 5.92 Å². The largest absolute Gasteiger partial charge is 0.383 e. The van der Waals surface area contributed by atoms with E-state index in [1.54, 1.807) is 7.11 Å². The summed E-state index contributed by atoms with van der Waals surface area (Å²) in [7, 11) is 1.74. The van der Waals surface area contributed by atoms with Gasteiger partial charge < -0.3 is 15.4 Å². The van der Waals surface area contributed by atoms with Crippen LogP contribution in [-0.2, 0) is 11.3 Å². The Morgan fingerprint density at radius 3 is 2.94 bits per heavy atom. The first-order valence-electron chi connectivity index (χ1n) is 6.66. The van der Waals surface area contributed by atoms with E-state index in [1.165, 1.54) is 12.8 Å². The molecule has 0 bridgehead atoms. The molecule has 0 radical (unpaired) electrons. The molecule has 2 rings (SSSR count). The number of pyridine rings is 1. The third-order valence-corrected chi connectivity index (χ3v) is 3.75. The average molecular weight is 249 g/mol. The summed E-state index contributed by atoms with van der Waals surface area (Å²) in [6.45, 7) is 4.47. The fourth-order valence-corrected chi connectivity index (χ4v) is 2.41. The van der Waals surface area contributed by atoms with Crippen LogP contribution in [0.4, 0.5) is 5.69 Å². The highest BCUT2D eigenvalue weighted by Crippen LogP contribution is 2.37. The van der Waals surface area contributed by atoms with E-state index in [-0.39, 0.29) is 0 Å². The normalized spacial score (nSPS) is 16.6. The summed E-state index contributed by atoms with van der Waals surface area (Å²) in [4.78, 5) is 6.65. The van der Waals surface area contributed by atoms with Gasteiger partial charge in [0.05, 0.1) is 18.5 Å². The average Bonchev–Trinajstić information content (AvgIpc) is 3.23. The lowest BCUT2D eigenvalue weighted by molar-refractivity contribution is 0.202. The van der Waals surface area contributed by atoms with E-state index < -0.39 is 0 Å². The maximum Gasteiger partial charge on any atom is 0.0637 e. The third-order valence-electron chi connectivity index (χ3n) is 3.75. The number of nitrogens with zero attached hydrogens (tertiary/aromatic N) is 2. The lowest BCUT2D eigenvalue weighted by atomic mass is 10.1. The van der Waals surface area contributed by atoms with Gasteiger partial charge in [0.25, 0.3) is 0 Å². The Morgan fingerprint density at radius 2 is 2.33 bits per heavy atom. The van der Waals surface area contributed by atoms with Crippen molar-refractivity contribution in [1.29, 1.82) is 0 Å². The molecule has 100 valence electrons. The van der Waals surface area contributed by atoms with Gasteiger partial charge in [-0.1, -0.05) is 0 Å². The zero-order valence-electron chi connectivity index (χ0n) is 11.3. The minimum absolute atomic E-state index is 0.537. The number of anilines is 1. The molecule has 1 aromatic heterocycles. The van der Waals surface area contributed by atoms with Gasteiger partial charge in [-0.3, -0.25) is 4.98 Å². The van der Waals surface area contributed by atoms with E-state index in [1.807, 2.05) is 18.5 Å². The Hall–Kier alpha value is -1.13. The van der Waals surface area contributed by atoms with Gasteiger partial charge in [-0.2, -0.15) is 0 Å². The number of hydrogen-bond acceptors (Lipinski definition) is 4. The van der Waals surface area contributed by atoms with E-state index >= 15 is 0 Å². The molecular formula is C14H23N3O. The van der Waals surface area contributed by atoms with Crippen LogP contribution in [0.3, 0.4) is 0 Å². The summed E-state index contributed by atoms with van der Waals surface area (Å²) in [6, 6.07) is 2.55. The molecule has 1 unspecified atom stereocenters. The molecule has 0 saturated heterocycles. The molecule has 1 aromatic rings. The first kappa shape index (κ1) is 13.3. The van der Waals surface area contributed by atoms with E-state index in [9.17, 15) is 0 Å². The highest BCUT2D eigenvalue weighted by atomic mass is 16.5. The minimum Gasteiger partial charge on any atom is -0.383 e. The second-order valence-corrected chi connectivity index (χ2v) is 4.97. The summed E-state index contributed by atoms with van der Waals surface area (Å²) in [5.74, 6) is 0.813. The van der Waals surface area contributed by atoms with Crippen molar-refractivity contribution in [2.75, 3.05) is 25.2 Å². The fourth-order valence-electron chi connectivity index (χ4n) is 2.41. The van der Waals surface area contributed by atoms with Crippen LogP contribution in [0.2, 0.25) is 0 Å². The third kappa shape index (κ3) is 3.00. The molecule has 18 heavy (non-hydrogen) atoms. The first-order valence-corrected chi connectivity index (χ1v) is 6.66.